The van der Waals surface area contributed by atoms with E-state index in [1.54, 1.807) is 25.3 Å². The lowest BCUT2D eigenvalue weighted by molar-refractivity contribution is 0.147. The number of hydrogen-bond donors (Lipinski definition) is 1. The van der Waals surface area contributed by atoms with Gasteiger partial charge in [0.2, 0.25) is 0 Å². The van der Waals surface area contributed by atoms with E-state index in [2.05, 4.69) is 5.32 Å². The molecule has 0 aliphatic heterocycles. The standard InChI is InChI=1S/C13H19NO4/c1-9(2)8-18-13(15)14-11-6-5-10(16-3)7-12(11)17-4/h5-7,9H,8H2,1-4H3,(H,14,15). The molecule has 5 heteroatoms. The Bertz CT molecular complexity index is 404. The summed E-state index contributed by atoms with van der Waals surface area (Å²) >= 11 is 0. The quantitative estimate of drug-likeness (QED) is 0.876. The van der Waals surface area contributed by atoms with Crippen molar-refractivity contribution in [3.63, 3.8) is 0 Å². The molecule has 0 spiro atoms. The van der Waals surface area contributed by atoms with Gasteiger partial charge < -0.3 is 14.2 Å². The molecule has 1 amide bonds. The Kier molecular flexibility index (Phi) is 5.30. The monoisotopic (exact) mass is 253 g/mol. The van der Waals surface area contributed by atoms with Gasteiger partial charge in [0.1, 0.15) is 11.5 Å². The molecule has 0 saturated heterocycles. The van der Waals surface area contributed by atoms with E-state index in [-0.39, 0.29) is 0 Å². The summed E-state index contributed by atoms with van der Waals surface area (Å²) in [6.07, 6.45) is -0.493. The SMILES string of the molecule is COc1ccc(NC(=O)OCC(C)C)c(OC)c1. The first-order valence-corrected chi connectivity index (χ1v) is 5.72. The van der Waals surface area contributed by atoms with Crippen molar-refractivity contribution in [3.05, 3.63) is 18.2 Å². The predicted octanol–water partition coefficient (Wildman–Crippen LogP) is 2.91. The minimum atomic E-state index is -0.493. The highest BCUT2D eigenvalue weighted by molar-refractivity contribution is 5.86. The Hall–Kier alpha value is -1.91. The summed E-state index contributed by atoms with van der Waals surface area (Å²) in [5, 5.41) is 2.63. The molecular weight excluding hydrogens is 234 g/mol. The first-order chi connectivity index (χ1) is 8.56. The number of anilines is 1. The fourth-order valence-corrected chi connectivity index (χ4v) is 1.29. The number of carbonyl (C=O) groups is 1. The summed E-state index contributed by atoms with van der Waals surface area (Å²) in [6.45, 7) is 4.33. The summed E-state index contributed by atoms with van der Waals surface area (Å²) in [7, 11) is 3.10. The zero-order valence-electron chi connectivity index (χ0n) is 11.1. The maximum absolute atomic E-state index is 11.5. The molecule has 0 aromatic heterocycles. The first-order valence-electron chi connectivity index (χ1n) is 5.72. The van der Waals surface area contributed by atoms with Crippen LogP contribution in [0, 0.1) is 5.92 Å². The van der Waals surface area contributed by atoms with Crippen LogP contribution in [0.2, 0.25) is 0 Å². The minimum absolute atomic E-state index is 0.300. The predicted molar refractivity (Wildman–Crippen MR) is 69.4 cm³/mol. The second kappa shape index (κ2) is 6.74. The number of ether oxygens (including phenoxy) is 3. The van der Waals surface area contributed by atoms with Crippen molar-refractivity contribution in [1.82, 2.24) is 0 Å². The van der Waals surface area contributed by atoms with E-state index in [1.165, 1.54) is 7.11 Å². The maximum Gasteiger partial charge on any atom is 0.411 e. The lowest BCUT2D eigenvalue weighted by Gasteiger charge is -2.12. The molecule has 0 bridgehead atoms. The second-order valence-corrected chi connectivity index (χ2v) is 4.18. The zero-order valence-corrected chi connectivity index (χ0v) is 11.1. The Balaban J connectivity index is 2.68. The van der Waals surface area contributed by atoms with Crippen molar-refractivity contribution in [2.45, 2.75) is 13.8 Å². The molecule has 0 unspecified atom stereocenters. The molecule has 0 fully saturated rings. The van der Waals surface area contributed by atoms with Gasteiger partial charge in [-0.05, 0) is 18.1 Å². The van der Waals surface area contributed by atoms with E-state index in [0.29, 0.717) is 29.7 Å². The third-order valence-corrected chi connectivity index (χ3v) is 2.19. The average molecular weight is 253 g/mol. The number of amides is 1. The topological polar surface area (TPSA) is 56.8 Å². The summed E-state index contributed by atoms with van der Waals surface area (Å²) < 4.78 is 15.3. The molecule has 18 heavy (non-hydrogen) atoms. The lowest BCUT2D eigenvalue weighted by atomic mass is 10.2. The maximum atomic E-state index is 11.5. The van der Waals surface area contributed by atoms with E-state index < -0.39 is 6.09 Å². The normalized spacial score (nSPS) is 10.1. The Morgan fingerprint density at radius 2 is 2.00 bits per heavy atom. The third-order valence-electron chi connectivity index (χ3n) is 2.19. The van der Waals surface area contributed by atoms with Gasteiger partial charge in [0.15, 0.2) is 0 Å². The van der Waals surface area contributed by atoms with E-state index in [9.17, 15) is 4.79 Å². The molecule has 1 aromatic carbocycles. The summed E-state index contributed by atoms with van der Waals surface area (Å²) in [4.78, 5) is 11.5. The molecule has 1 N–H and O–H groups in total. The van der Waals surface area contributed by atoms with Gasteiger partial charge in [0.25, 0.3) is 0 Å². The first kappa shape index (κ1) is 14.2. The molecule has 5 nitrogen and oxygen atoms in total. The smallest absolute Gasteiger partial charge is 0.411 e. The van der Waals surface area contributed by atoms with Crippen LogP contribution in [0.5, 0.6) is 11.5 Å². The Labute approximate surface area is 107 Å². The van der Waals surface area contributed by atoms with Gasteiger partial charge in [0.05, 0.1) is 26.5 Å². The van der Waals surface area contributed by atoms with E-state index in [0.717, 1.165) is 0 Å². The Morgan fingerprint density at radius 1 is 1.28 bits per heavy atom. The number of rotatable bonds is 5. The number of methoxy groups -OCH3 is 2. The molecule has 0 saturated carbocycles. The molecule has 1 rings (SSSR count). The summed E-state index contributed by atoms with van der Waals surface area (Å²) in [6, 6.07) is 5.13. The van der Waals surface area contributed by atoms with Crippen LogP contribution in [0.25, 0.3) is 0 Å². The van der Waals surface area contributed by atoms with Crippen LogP contribution in [-0.4, -0.2) is 26.9 Å². The van der Waals surface area contributed by atoms with Gasteiger partial charge in [-0.3, -0.25) is 5.32 Å². The van der Waals surface area contributed by atoms with Gasteiger partial charge in [-0.15, -0.1) is 0 Å². The third kappa shape index (κ3) is 4.16. The zero-order chi connectivity index (χ0) is 13.5. The highest BCUT2D eigenvalue weighted by Crippen LogP contribution is 2.29. The van der Waals surface area contributed by atoms with E-state index in [4.69, 9.17) is 14.2 Å². The fourth-order valence-electron chi connectivity index (χ4n) is 1.29. The van der Waals surface area contributed by atoms with Gasteiger partial charge in [-0.25, -0.2) is 4.79 Å². The van der Waals surface area contributed by atoms with Gasteiger partial charge >= 0.3 is 6.09 Å². The summed E-state index contributed by atoms with van der Waals surface area (Å²) in [5.74, 6) is 1.48. The van der Waals surface area contributed by atoms with Crippen molar-refractivity contribution in [1.29, 1.82) is 0 Å². The highest BCUT2D eigenvalue weighted by atomic mass is 16.5. The van der Waals surface area contributed by atoms with E-state index in [1.807, 2.05) is 13.8 Å². The number of benzene rings is 1. The molecule has 0 heterocycles. The van der Waals surface area contributed by atoms with Crippen LogP contribution in [0.4, 0.5) is 10.5 Å². The van der Waals surface area contributed by atoms with Crippen LogP contribution >= 0.6 is 0 Å². The van der Waals surface area contributed by atoms with Crippen molar-refractivity contribution in [2.75, 3.05) is 26.1 Å². The van der Waals surface area contributed by atoms with E-state index >= 15 is 0 Å². The second-order valence-electron chi connectivity index (χ2n) is 4.18. The average Bonchev–Trinajstić information content (AvgIpc) is 2.36. The van der Waals surface area contributed by atoms with Crippen molar-refractivity contribution in [3.8, 4) is 11.5 Å². The molecular formula is C13H19NO4. The molecule has 100 valence electrons. The van der Waals surface area contributed by atoms with Gasteiger partial charge in [0, 0.05) is 6.07 Å². The van der Waals surface area contributed by atoms with Crippen molar-refractivity contribution >= 4 is 11.8 Å². The van der Waals surface area contributed by atoms with Crippen molar-refractivity contribution in [2.24, 2.45) is 5.92 Å². The lowest BCUT2D eigenvalue weighted by Crippen LogP contribution is -2.17. The van der Waals surface area contributed by atoms with Crippen molar-refractivity contribution < 1.29 is 19.0 Å². The number of carbonyl (C=O) groups excluding carboxylic acids is 1. The molecule has 0 aliphatic carbocycles. The molecule has 1 aromatic rings. The van der Waals surface area contributed by atoms with Crippen LogP contribution in [-0.2, 0) is 4.74 Å². The number of nitrogens with one attached hydrogen (secondary N) is 1. The largest absolute Gasteiger partial charge is 0.497 e. The van der Waals surface area contributed by atoms with Gasteiger partial charge in [-0.1, -0.05) is 13.8 Å². The fraction of sp³-hybridized carbons (Fsp3) is 0.462. The van der Waals surface area contributed by atoms with Crippen LogP contribution in [0.15, 0.2) is 18.2 Å². The van der Waals surface area contributed by atoms with Crippen LogP contribution in [0.1, 0.15) is 13.8 Å². The van der Waals surface area contributed by atoms with Crippen LogP contribution < -0.4 is 14.8 Å². The highest BCUT2D eigenvalue weighted by Gasteiger charge is 2.10. The summed E-state index contributed by atoms with van der Waals surface area (Å²) in [5.41, 5.74) is 0.548. The minimum Gasteiger partial charge on any atom is -0.497 e. The van der Waals surface area contributed by atoms with Gasteiger partial charge in [-0.2, -0.15) is 0 Å². The van der Waals surface area contributed by atoms with Crippen LogP contribution in [0.3, 0.4) is 0 Å². The molecule has 0 radical (unpaired) electrons. The Morgan fingerprint density at radius 3 is 2.56 bits per heavy atom. The number of hydrogen-bond acceptors (Lipinski definition) is 4. The molecule has 0 atom stereocenters. The molecule has 0 aliphatic rings.